The molecule has 0 unspecified atom stereocenters. The minimum absolute atomic E-state index is 0.142. The zero-order valence-electron chi connectivity index (χ0n) is 15.4. The highest BCUT2D eigenvalue weighted by Gasteiger charge is 2.13. The van der Waals surface area contributed by atoms with E-state index >= 15 is 0 Å². The van der Waals surface area contributed by atoms with Gasteiger partial charge in [0.25, 0.3) is 0 Å². The number of aryl methyl sites for hydroxylation is 1. The Balaban J connectivity index is 1.59. The third-order valence-corrected chi connectivity index (χ3v) is 4.49. The van der Waals surface area contributed by atoms with Crippen LogP contribution in [0.5, 0.6) is 5.75 Å². The number of nitrogens with zero attached hydrogens (tertiary/aromatic N) is 1. The molecule has 1 aromatic heterocycles. The summed E-state index contributed by atoms with van der Waals surface area (Å²) in [4.78, 5) is 16.5. The van der Waals surface area contributed by atoms with Gasteiger partial charge in [0.2, 0.25) is 5.91 Å². The molecule has 0 spiro atoms. The van der Waals surface area contributed by atoms with E-state index in [1.807, 2.05) is 31.2 Å². The van der Waals surface area contributed by atoms with Crippen LogP contribution in [-0.2, 0) is 11.2 Å². The van der Waals surface area contributed by atoms with Crippen molar-refractivity contribution in [1.29, 1.82) is 0 Å². The van der Waals surface area contributed by atoms with E-state index in [9.17, 15) is 4.79 Å². The molecule has 0 saturated carbocycles. The summed E-state index contributed by atoms with van der Waals surface area (Å²) in [6.45, 7) is 2.63. The fraction of sp³-hybridized carbons (Fsp3) is 0.238. The number of halogens is 2. The molecule has 0 bridgehead atoms. The first-order valence-corrected chi connectivity index (χ1v) is 9.74. The quantitative estimate of drug-likeness (QED) is 0.486. The normalized spacial score (nSPS) is 10.7. The van der Waals surface area contributed by atoms with Crippen LogP contribution >= 0.6 is 23.2 Å². The van der Waals surface area contributed by atoms with Crippen molar-refractivity contribution in [3.8, 4) is 17.1 Å². The second kappa shape index (κ2) is 9.62. The molecule has 3 rings (SSSR count). The second-order valence-corrected chi connectivity index (χ2v) is 6.98. The fourth-order valence-electron chi connectivity index (χ4n) is 2.58. The number of carbonyl (C=O) groups excluding carboxylic acids is 1. The topological polar surface area (TPSA) is 64.4 Å². The summed E-state index contributed by atoms with van der Waals surface area (Å²) in [6, 6.07) is 12.5. The van der Waals surface area contributed by atoms with Gasteiger partial charge in [-0.05, 0) is 36.8 Å². The van der Waals surface area contributed by atoms with Gasteiger partial charge >= 0.3 is 0 Å². The summed E-state index contributed by atoms with van der Waals surface area (Å²) >= 11 is 12.1. The van der Waals surface area contributed by atoms with Crippen LogP contribution in [0, 0.1) is 0 Å². The first kappa shape index (κ1) is 20.2. The highest BCUT2D eigenvalue weighted by molar-refractivity contribution is 6.36. The molecule has 5 nitrogen and oxygen atoms in total. The largest absolute Gasteiger partial charge is 0.491 e. The van der Waals surface area contributed by atoms with Gasteiger partial charge < -0.3 is 14.5 Å². The molecule has 1 heterocycles. The highest BCUT2D eigenvalue weighted by atomic mass is 35.5. The average Bonchev–Trinajstić information content (AvgIpc) is 3.14. The molecule has 7 heteroatoms. The van der Waals surface area contributed by atoms with Crippen molar-refractivity contribution >= 4 is 34.8 Å². The van der Waals surface area contributed by atoms with Gasteiger partial charge in [0.15, 0.2) is 11.7 Å². The molecule has 0 aliphatic heterocycles. The van der Waals surface area contributed by atoms with Crippen LogP contribution < -0.4 is 10.1 Å². The predicted octanol–water partition coefficient (Wildman–Crippen LogP) is 6.01. The van der Waals surface area contributed by atoms with Crippen molar-refractivity contribution < 1.29 is 13.9 Å². The molecule has 0 radical (unpaired) electrons. The SMILES string of the molecule is CCCOc1ccccc1NC(=O)CCc1ncc(-c2ccc(Cl)cc2Cl)o1. The molecule has 2 aromatic carbocycles. The maximum absolute atomic E-state index is 12.3. The smallest absolute Gasteiger partial charge is 0.224 e. The van der Waals surface area contributed by atoms with E-state index in [2.05, 4.69) is 10.3 Å². The summed E-state index contributed by atoms with van der Waals surface area (Å²) in [6.07, 6.45) is 3.09. The number of hydrogen-bond acceptors (Lipinski definition) is 4. The maximum Gasteiger partial charge on any atom is 0.224 e. The fourth-order valence-corrected chi connectivity index (χ4v) is 3.08. The Morgan fingerprint density at radius 3 is 2.82 bits per heavy atom. The zero-order chi connectivity index (χ0) is 19.9. The zero-order valence-corrected chi connectivity index (χ0v) is 16.9. The van der Waals surface area contributed by atoms with E-state index < -0.39 is 0 Å². The number of anilines is 1. The van der Waals surface area contributed by atoms with Gasteiger partial charge in [-0.2, -0.15) is 0 Å². The molecule has 0 saturated heterocycles. The third kappa shape index (κ3) is 5.27. The lowest BCUT2D eigenvalue weighted by molar-refractivity contribution is -0.116. The Hall–Kier alpha value is -2.50. The molecule has 0 aliphatic carbocycles. The molecule has 1 N–H and O–H groups in total. The number of rotatable bonds is 8. The van der Waals surface area contributed by atoms with Crippen molar-refractivity contribution in [3.05, 3.63) is 64.6 Å². The Kier molecular flexibility index (Phi) is 6.95. The molecule has 3 aromatic rings. The van der Waals surface area contributed by atoms with Crippen LogP contribution in [0.1, 0.15) is 25.7 Å². The van der Waals surface area contributed by atoms with E-state index in [0.29, 0.717) is 51.7 Å². The number of amides is 1. The van der Waals surface area contributed by atoms with E-state index in [-0.39, 0.29) is 12.3 Å². The van der Waals surface area contributed by atoms with Crippen LogP contribution in [0.25, 0.3) is 11.3 Å². The van der Waals surface area contributed by atoms with Crippen LogP contribution in [-0.4, -0.2) is 17.5 Å². The number of hydrogen-bond donors (Lipinski definition) is 1. The van der Waals surface area contributed by atoms with Gasteiger partial charge in [0, 0.05) is 23.4 Å². The molecule has 1 amide bonds. The Labute approximate surface area is 173 Å². The summed E-state index contributed by atoms with van der Waals surface area (Å²) in [5.41, 5.74) is 1.36. The van der Waals surface area contributed by atoms with Gasteiger partial charge in [-0.25, -0.2) is 4.98 Å². The van der Waals surface area contributed by atoms with Gasteiger partial charge in [-0.15, -0.1) is 0 Å². The van der Waals surface area contributed by atoms with Crippen LogP contribution in [0.15, 0.2) is 53.1 Å². The van der Waals surface area contributed by atoms with Gasteiger partial charge in [-0.3, -0.25) is 4.79 Å². The van der Waals surface area contributed by atoms with Crippen molar-refractivity contribution in [3.63, 3.8) is 0 Å². The molecular formula is C21H20Cl2N2O3. The van der Waals surface area contributed by atoms with Crippen molar-refractivity contribution in [2.75, 3.05) is 11.9 Å². The Morgan fingerprint density at radius 2 is 2.04 bits per heavy atom. The predicted molar refractivity (Wildman–Crippen MR) is 111 cm³/mol. The second-order valence-electron chi connectivity index (χ2n) is 6.14. The summed E-state index contributed by atoms with van der Waals surface area (Å²) in [5.74, 6) is 1.52. The first-order valence-electron chi connectivity index (χ1n) is 8.98. The molecular weight excluding hydrogens is 399 g/mol. The lowest BCUT2D eigenvalue weighted by Gasteiger charge is -2.11. The van der Waals surface area contributed by atoms with Crippen LogP contribution in [0.3, 0.4) is 0 Å². The summed E-state index contributed by atoms with van der Waals surface area (Å²) < 4.78 is 11.4. The Bertz CT molecular complexity index is 956. The van der Waals surface area contributed by atoms with Crippen molar-refractivity contribution in [2.45, 2.75) is 26.2 Å². The van der Waals surface area contributed by atoms with E-state index in [1.54, 1.807) is 24.4 Å². The molecule has 146 valence electrons. The van der Waals surface area contributed by atoms with Gasteiger partial charge in [0.1, 0.15) is 5.75 Å². The third-order valence-electron chi connectivity index (χ3n) is 3.94. The minimum atomic E-state index is -0.142. The van der Waals surface area contributed by atoms with Crippen LogP contribution in [0.2, 0.25) is 10.0 Å². The molecule has 28 heavy (non-hydrogen) atoms. The number of ether oxygens (including phenoxy) is 1. The van der Waals surface area contributed by atoms with Crippen LogP contribution in [0.4, 0.5) is 5.69 Å². The number of oxazole rings is 1. The molecule has 0 atom stereocenters. The van der Waals surface area contributed by atoms with E-state index in [0.717, 1.165) is 6.42 Å². The van der Waals surface area contributed by atoms with E-state index in [4.69, 9.17) is 32.4 Å². The first-order chi connectivity index (χ1) is 13.6. The number of carbonyl (C=O) groups is 1. The lowest BCUT2D eigenvalue weighted by Crippen LogP contribution is -2.13. The Morgan fingerprint density at radius 1 is 1.21 bits per heavy atom. The standard InChI is InChI=1S/C21H20Cl2N2O3/c1-2-11-27-18-6-4-3-5-17(18)25-20(26)9-10-21-24-13-19(28-21)15-8-7-14(22)12-16(15)23/h3-8,12-13H,2,9-11H2,1H3,(H,25,26). The highest BCUT2D eigenvalue weighted by Crippen LogP contribution is 2.31. The van der Waals surface area contributed by atoms with Crippen molar-refractivity contribution in [2.24, 2.45) is 0 Å². The molecule has 0 fully saturated rings. The average molecular weight is 419 g/mol. The monoisotopic (exact) mass is 418 g/mol. The number of nitrogens with one attached hydrogen (secondary N) is 1. The van der Waals surface area contributed by atoms with Crippen molar-refractivity contribution in [1.82, 2.24) is 4.98 Å². The maximum atomic E-state index is 12.3. The number of aromatic nitrogens is 1. The number of benzene rings is 2. The lowest BCUT2D eigenvalue weighted by atomic mass is 10.2. The summed E-state index contributed by atoms with van der Waals surface area (Å²) in [5, 5.41) is 3.91. The van der Waals surface area contributed by atoms with E-state index in [1.165, 1.54) is 0 Å². The van der Waals surface area contributed by atoms with Gasteiger partial charge in [0.05, 0.1) is 23.5 Å². The minimum Gasteiger partial charge on any atom is -0.491 e. The van der Waals surface area contributed by atoms with Gasteiger partial charge in [-0.1, -0.05) is 42.3 Å². The summed E-state index contributed by atoms with van der Waals surface area (Å²) in [7, 11) is 0. The number of para-hydroxylation sites is 2. The molecule has 0 aliphatic rings.